The van der Waals surface area contributed by atoms with Crippen LogP contribution in [0.2, 0.25) is 5.02 Å². The summed E-state index contributed by atoms with van der Waals surface area (Å²) >= 11 is 6.93. The molecule has 34 heavy (non-hydrogen) atoms. The van der Waals surface area contributed by atoms with Crippen LogP contribution in [0.25, 0.3) is 16.5 Å². The Labute approximate surface area is 200 Å². The van der Waals surface area contributed by atoms with Crippen molar-refractivity contribution in [3.63, 3.8) is 0 Å². The lowest BCUT2D eigenvalue weighted by Crippen LogP contribution is -2.25. The van der Waals surface area contributed by atoms with E-state index in [-0.39, 0.29) is 39.3 Å². The van der Waals surface area contributed by atoms with E-state index in [0.29, 0.717) is 10.7 Å². The van der Waals surface area contributed by atoms with E-state index in [9.17, 15) is 24.5 Å². The second kappa shape index (κ2) is 9.41. The van der Waals surface area contributed by atoms with E-state index in [1.165, 1.54) is 29.6 Å². The average Bonchev–Trinajstić information content (AvgIpc) is 3.24. The van der Waals surface area contributed by atoms with Crippen LogP contribution in [0.3, 0.4) is 0 Å². The van der Waals surface area contributed by atoms with Crippen LogP contribution in [-0.2, 0) is 4.74 Å². The Balaban J connectivity index is 1.88. The van der Waals surface area contributed by atoms with Crippen LogP contribution in [0.5, 0.6) is 0 Å². The van der Waals surface area contributed by atoms with E-state index in [2.05, 4.69) is 10.4 Å². The molecule has 2 heterocycles. The number of hydrogen-bond acceptors (Lipinski definition) is 8. The van der Waals surface area contributed by atoms with E-state index < -0.39 is 22.4 Å². The molecule has 0 spiro atoms. The van der Waals surface area contributed by atoms with E-state index in [1.807, 2.05) is 0 Å². The number of anilines is 1. The number of nitro groups is 1. The summed E-state index contributed by atoms with van der Waals surface area (Å²) in [7, 11) is 0. The van der Waals surface area contributed by atoms with Gasteiger partial charge in [-0.2, -0.15) is 9.78 Å². The fourth-order valence-corrected chi connectivity index (χ4v) is 4.30. The van der Waals surface area contributed by atoms with Gasteiger partial charge < -0.3 is 10.1 Å². The van der Waals surface area contributed by atoms with Crippen molar-refractivity contribution >= 4 is 56.3 Å². The van der Waals surface area contributed by atoms with Crippen LogP contribution in [0.4, 0.5) is 10.7 Å². The van der Waals surface area contributed by atoms with Gasteiger partial charge in [0.15, 0.2) is 5.69 Å². The lowest BCUT2D eigenvalue weighted by molar-refractivity contribution is -0.385. The molecule has 12 heteroatoms. The van der Waals surface area contributed by atoms with Crippen molar-refractivity contribution < 1.29 is 19.2 Å². The highest BCUT2D eigenvalue weighted by Gasteiger charge is 2.25. The summed E-state index contributed by atoms with van der Waals surface area (Å²) in [5.41, 5.74) is -0.942. The maximum atomic E-state index is 13.4. The van der Waals surface area contributed by atoms with Crippen LogP contribution in [0.1, 0.15) is 27.8 Å². The van der Waals surface area contributed by atoms with Gasteiger partial charge in [0.1, 0.15) is 10.6 Å². The van der Waals surface area contributed by atoms with Gasteiger partial charge in [0.05, 0.1) is 22.6 Å². The third kappa shape index (κ3) is 4.26. The maximum Gasteiger partial charge on any atom is 0.359 e. The van der Waals surface area contributed by atoms with Crippen molar-refractivity contribution in [3.8, 4) is 5.69 Å². The number of carbonyl (C=O) groups excluding carboxylic acids is 2. The highest BCUT2D eigenvalue weighted by atomic mass is 35.5. The van der Waals surface area contributed by atoms with E-state index in [1.54, 1.807) is 31.2 Å². The number of para-hydroxylation sites is 1. The first-order valence-electron chi connectivity index (χ1n) is 9.84. The third-order valence-corrected chi connectivity index (χ3v) is 5.91. The number of aromatic nitrogens is 2. The Morgan fingerprint density at radius 3 is 2.59 bits per heavy atom. The molecule has 2 aromatic carbocycles. The van der Waals surface area contributed by atoms with Crippen molar-refractivity contribution in [3.05, 3.63) is 90.7 Å². The highest BCUT2D eigenvalue weighted by molar-refractivity contribution is 7.16. The number of benzene rings is 2. The number of nitrogens with one attached hydrogen (secondary N) is 1. The number of fused-ring (bicyclic) bond motifs is 1. The number of nitrogens with zero attached hydrogens (tertiary/aromatic N) is 3. The third-order valence-electron chi connectivity index (χ3n) is 4.76. The molecule has 0 bridgehead atoms. The standard InChI is InChI=1S/C22H15ClN4O6S/c1-2-33-22(30)18-15-11-34-20(24-19(28)14-5-3-4-6-16(14)27(31)32)17(15)21(29)26(25-18)13-9-7-12(23)8-10-13/h3-11H,2H2,1H3,(H,24,28). The van der Waals surface area contributed by atoms with Crippen molar-refractivity contribution in [2.75, 3.05) is 11.9 Å². The Morgan fingerprint density at radius 1 is 1.21 bits per heavy atom. The summed E-state index contributed by atoms with van der Waals surface area (Å²) in [6, 6.07) is 11.7. The molecule has 10 nitrogen and oxygen atoms in total. The Bertz CT molecular complexity index is 1500. The van der Waals surface area contributed by atoms with Gasteiger partial charge in [-0.15, -0.1) is 11.3 Å². The summed E-state index contributed by atoms with van der Waals surface area (Å²) in [6.07, 6.45) is 0. The smallest absolute Gasteiger partial charge is 0.359 e. The number of nitro benzene ring substituents is 1. The number of carbonyl (C=O) groups is 2. The summed E-state index contributed by atoms with van der Waals surface area (Å²) in [5.74, 6) is -1.52. The van der Waals surface area contributed by atoms with Gasteiger partial charge in [0, 0.05) is 21.9 Å². The zero-order valence-corrected chi connectivity index (χ0v) is 19.1. The molecule has 4 rings (SSSR count). The van der Waals surface area contributed by atoms with Crippen LogP contribution in [0, 0.1) is 10.1 Å². The molecule has 0 fully saturated rings. The molecular formula is C22H15ClN4O6S. The first kappa shape index (κ1) is 23.1. The molecule has 4 aromatic rings. The number of thiophene rings is 1. The van der Waals surface area contributed by atoms with Gasteiger partial charge in [0.2, 0.25) is 0 Å². The monoisotopic (exact) mass is 498 g/mol. The summed E-state index contributed by atoms with van der Waals surface area (Å²) in [6.45, 7) is 1.73. The van der Waals surface area contributed by atoms with Gasteiger partial charge >= 0.3 is 5.97 Å². The van der Waals surface area contributed by atoms with Gasteiger partial charge in [-0.1, -0.05) is 23.7 Å². The summed E-state index contributed by atoms with van der Waals surface area (Å²) in [5, 5.41) is 20.3. The fourth-order valence-electron chi connectivity index (χ4n) is 3.24. The Morgan fingerprint density at radius 2 is 1.91 bits per heavy atom. The molecule has 0 radical (unpaired) electrons. The van der Waals surface area contributed by atoms with Gasteiger partial charge in [0.25, 0.3) is 17.2 Å². The number of amides is 1. The minimum Gasteiger partial charge on any atom is -0.461 e. The molecule has 2 aromatic heterocycles. The largest absolute Gasteiger partial charge is 0.461 e. The molecule has 0 aliphatic carbocycles. The number of ether oxygens (including phenoxy) is 1. The minimum atomic E-state index is -0.775. The van der Waals surface area contributed by atoms with Gasteiger partial charge in [-0.05, 0) is 37.3 Å². The highest BCUT2D eigenvalue weighted by Crippen LogP contribution is 2.32. The van der Waals surface area contributed by atoms with Crippen molar-refractivity contribution in [2.24, 2.45) is 0 Å². The van der Waals surface area contributed by atoms with E-state index in [4.69, 9.17) is 16.3 Å². The zero-order chi connectivity index (χ0) is 24.4. The molecule has 0 atom stereocenters. The molecule has 172 valence electrons. The Hall–Kier alpha value is -4.09. The zero-order valence-electron chi connectivity index (χ0n) is 17.5. The molecule has 0 saturated carbocycles. The average molecular weight is 499 g/mol. The number of rotatable bonds is 6. The quantitative estimate of drug-likeness (QED) is 0.236. The minimum absolute atomic E-state index is 0.0185. The van der Waals surface area contributed by atoms with Crippen LogP contribution in [0.15, 0.2) is 58.7 Å². The molecule has 0 aliphatic heterocycles. The number of hydrogen-bond donors (Lipinski definition) is 1. The number of esters is 1. The van der Waals surface area contributed by atoms with E-state index in [0.717, 1.165) is 16.0 Å². The first-order valence-corrected chi connectivity index (χ1v) is 11.1. The van der Waals surface area contributed by atoms with Crippen molar-refractivity contribution in [2.45, 2.75) is 6.92 Å². The van der Waals surface area contributed by atoms with Crippen LogP contribution >= 0.6 is 22.9 Å². The van der Waals surface area contributed by atoms with Crippen LogP contribution in [-0.4, -0.2) is 33.2 Å². The maximum absolute atomic E-state index is 13.4. The predicted octanol–water partition coefficient (Wildman–Crippen LogP) is 4.44. The summed E-state index contributed by atoms with van der Waals surface area (Å²) in [4.78, 5) is 49.5. The molecule has 1 amide bonds. The van der Waals surface area contributed by atoms with Crippen molar-refractivity contribution in [1.29, 1.82) is 0 Å². The molecule has 0 saturated heterocycles. The Kier molecular flexibility index (Phi) is 6.39. The lowest BCUT2D eigenvalue weighted by Gasteiger charge is -2.10. The van der Waals surface area contributed by atoms with Gasteiger partial charge in [-0.3, -0.25) is 19.7 Å². The second-order valence-corrected chi connectivity index (χ2v) is 8.16. The molecule has 0 unspecified atom stereocenters. The first-order chi connectivity index (χ1) is 16.3. The van der Waals surface area contributed by atoms with E-state index >= 15 is 0 Å². The molecule has 1 N–H and O–H groups in total. The van der Waals surface area contributed by atoms with Gasteiger partial charge in [-0.25, -0.2) is 4.79 Å². The second-order valence-electron chi connectivity index (χ2n) is 6.84. The molecular weight excluding hydrogens is 484 g/mol. The van der Waals surface area contributed by atoms with Crippen LogP contribution < -0.4 is 10.9 Å². The predicted molar refractivity (Wildman–Crippen MR) is 127 cm³/mol. The number of halogens is 1. The fraction of sp³-hybridized carbons (Fsp3) is 0.0909. The topological polar surface area (TPSA) is 133 Å². The van der Waals surface area contributed by atoms with Crippen molar-refractivity contribution in [1.82, 2.24) is 9.78 Å². The lowest BCUT2D eigenvalue weighted by atomic mass is 10.1. The molecule has 0 aliphatic rings. The summed E-state index contributed by atoms with van der Waals surface area (Å²) < 4.78 is 6.10. The SMILES string of the molecule is CCOC(=O)c1nn(-c2ccc(Cl)cc2)c(=O)c2c(NC(=O)c3ccccc3[N+](=O)[O-])scc12. The normalized spacial score (nSPS) is 10.8.